The molecule has 0 unspecified atom stereocenters. The number of nitrogens with zero attached hydrogens (tertiary/aromatic N) is 5. The highest BCUT2D eigenvalue weighted by atomic mass is 15.0. The molecule has 12 aromatic rings. The van der Waals surface area contributed by atoms with E-state index in [1.807, 2.05) is 12.1 Å². The zero-order valence-corrected chi connectivity index (χ0v) is 33.6. The van der Waals surface area contributed by atoms with Gasteiger partial charge in [-0.15, -0.1) is 0 Å². The fourth-order valence-electron chi connectivity index (χ4n) is 9.04. The molecule has 0 atom stereocenters. The van der Waals surface area contributed by atoms with Crippen LogP contribution in [-0.2, 0) is 0 Å². The summed E-state index contributed by atoms with van der Waals surface area (Å²) in [6.45, 7) is 0. The van der Waals surface area contributed by atoms with Crippen LogP contribution in [0.1, 0.15) is 0 Å². The summed E-state index contributed by atoms with van der Waals surface area (Å²) in [5.74, 6) is 1.87. The molecule has 0 aliphatic rings. The van der Waals surface area contributed by atoms with Gasteiger partial charge in [-0.2, -0.15) is 0 Å². The van der Waals surface area contributed by atoms with Crippen molar-refractivity contribution in [1.82, 2.24) is 24.1 Å². The molecule has 62 heavy (non-hydrogen) atoms. The fourth-order valence-corrected chi connectivity index (χ4v) is 9.04. The normalized spacial score (nSPS) is 11.5. The third-order valence-electron chi connectivity index (χ3n) is 12.0. The summed E-state index contributed by atoms with van der Waals surface area (Å²) in [5, 5.41) is 4.88. The molecule has 0 spiro atoms. The van der Waals surface area contributed by atoms with Crippen molar-refractivity contribution in [2.75, 3.05) is 0 Å². The van der Waals surface area contributed by atoms with Crippen LogP contribution in [0.2, 0.25) is 0 Å². The third kappa shape index (κ3) is 5.98. The van der Waals surface area contributed by atoms with Gasteiger partial charge in [0.1, 0.15) is 0 Å². The quantitative estimate of drug-likeness (QED) is 0.162. The van der Waals surface area contributed by atoms with Gasteiger partial charge in [0, 0.05) is 49.6 Å². The van der Waals surface area contributed by atoms with Gasteiger partial charge in [0.05, 0.1) is 22.1 Å². The largest absolute Gasteiger partial charge is 0.309 e. The maximum absolute atomic E-state index is 5.13. The maximum Gasteiger partial charge on any atom is 0.164 e. The Kier molecular flexibility index (Phi) is 8.42. The van der Waals surface area contributed by atoms with E-state index in [9.17, 15) is 0 Å². The zero-order valence-electron chi connectivity index (χ0n) is 33.6. The van der Waals surface area contributed by atoms with Crippen LogP contribution in [0.5, 0.6) is 0 Å². The number of rotatable bonds is 7. The Morgan fingerprint density at radius 1 is 0.242 bits per heavy atom. The highest BCUT2D eigenvalue weighted by Gasteiger charge is 2.21. The SMILES string of the molecule is c1ccc(-c2ccc(-c3nc(-c4ccc(-c5ccccc5)cc4)nc(-c4ccc(-n5c6ccccc6c6ccc7c(c8ccccc8n7-c7ccccc7)c65)cc4)n3)cc2)cc1. The van der Waals surface area contributed by atoms with E-state index in [0.29, 0.717) is 17.5 Å². The number of hydrogen-bond acceptors (Lipinski definition) is 3. The number of hydrogen-bond donors (Lipinski definition) is 0. The second-order valence-corrected chi connectivity index (χ2v) is 15.6. The van der Waals surface area contributed by atoms with Gasteiger partial charge >= 0.3 is 0 Å². The molecule has 0 aliphatic heterocycles. The van der Waals surface area contributed by atoms with Gasteiger partial charge in [-0.05, 0) is 76.9 Å². The van der Waals surface area contributed by atoms with Crippen LogP contribution in [0, 0.1) is 0 Å². The standard InChI is InChI=1S/C57H37N5/c1-4-14-38(15-5-1)40-24-28-42(29-25-40)55-58-56(43-30-26-41(27-31-43)39-16-6-2-7-17-39)60-57(59-55)44-32-34-46(35-33-44)62-50-22-12-10-20-47(50)48-36-37-52-53(54(48)62)49-21-11-13-23-51(49)61(52)45-18-8-3-9-19-45/h1-37H. The van der Waals surface area contributed by atoms with Crippen molar-refractivity contribution in [2.45, 2.75) is 0 Å². The van der Waals surface area contributed by atoms with E-state index in [0.717, 1.165) is 44.7 Å². The Balaban J connectivity index is 1.01. The van der Waals surface area contributed by atoms with Crippen LogP contribution >= 0.6 is 0 Å². The molecule has 3 heterocycles. The smallest absolute Gasteiger partial charge is 0.164 e. The molecule has 3 aromatic heterocycles. The Bertz CT molecular complexity index is 3470. The van der Waals surface area contributed by atoms with Crippen LogP contribution < -0.4 is 0 Å². The van der Waals surface area contributed by atoms with E-state index >= 15 is 0 Å². The van der Waals surface area contributed by atoms with Gasteiger partial charge in [-0.1, -0.05) is 170 Å². The molecule has 290 valence electrons. The van der Waals surface area contributed by atoms with Gasteiger partial charge in [-0.3, -0.25) is 0 Å². The summed E-state index contributed by atoms with van der Waals surface area (Å²) in [6.07, 6.45) is 0. The molecule has 5 heteroatoms. The second kappa shape index (κ2) is 14.7. The van der Waals surface area contributed by atoms with Crippen LogP contribution in [0.15, 0.2) is 224 Å². The molecule has 0 saturated carbocycles. The lowest BCUT2D eigenvalue weighted by atomic mass is 10.0. The predicted molar refractivity (Wildman–Crippen MR) is 256 cm³/mol. The van der Waals surface area contributed by atoms with Gasteiger partial charge < -0.3 is 9.13 Å². The minimum Gasteiger partial charge on any atom is -0.309 e. The van der Waals surface area contributed by atoms with E-state index in [2.05, 4.69) is 221 Å². The second-order valence-electron chi connectivity index (χ2n) is 15.6. The average molecular weight is 792 g/mol. The molecule has 0 amide bonds. The minimum atomic E-state index is 0.617. The van der Waals surface area contributed by atoms with E-state index in [4.69, 9.17) is 15.0 Å². The summed E-state index contributed by atoms with van der Waals surface area (Å²) in [5.41, 5.74) is 14.3. The summed E-state index contributed by atoms with van der Waals surface area (Å²) in [7, 11) is 0. The molecule has 12 rings (SSSR count). The Hall–Kier alpha value is -8.41. The molecule has 5 nitrogen and oxygen atoms in total. The predicted octanol–water partition coefficient (Wildman–Crippen LogP) is 14.4. The van der Waals surface area contributed by atoms with Crippen molar-refractivity contribution in [2.24, 2.45) is 0 Å². The Morgan fingerprint density at radius 3 is 1.16 bits per heavy atom. The summed E-state index contributed by atoms with van der Waals surface area (Å²) >= 11 is 0. The van der Waals surface area contributed by atoms with E-state index in [1.165, 1.54) is 49.2 Å². The van der Waals surface area contributed by atoms with Crippen molar-refractivity contribution in [3.8, 4) is 67.8 Å². The van der Waals surface area contributed by atoms with Gasteiger partial charge in [0.2, 0.25) is 0 Å². The van der Waals surface area contributed by atoms with Crippen molar-refractivity contribution in [3.05, 3.63) is 224 Å². The molecule has 0 fully saturated rings. The summed E-state index contributed by atoms with van der Waals surface area (Å²) in [6, 6.07) is 79.2. The molecule has 0 radical (unpaired) electrons. The lowest BCUT2D eigenvalue weighted by molar-refractivity contribution is 1.07. The van der Waals surface area contributed by atoms with E-state index < -0.39 is 0 Å². The van der Waals surface area contributed by atoms with Crippen molar-refractivity contribution < 1.29 is 0 Å². The van der Waals surface area contributed by atoms with E-state index in [1.54, 1.807) is 0 Å². The molecule has 9 aromatic carbocycles. The fraction of sp³-hybridized carbons (Fsp3) is 0. The van der Waals surface area contributed by atoms with Crippen LogP contribution in [0.25, 0.3) is 111 Å². The first-order chi connectivity index (χ1) is 30.7. The topological polar surface area (TPSA) is 48.5 Å². The summed E-state index contributed by atoms with van der Waals surface area (Å²) in [4.78, 5) is 15.3. The first-order valence-electron chi connectivity index (χ1n) is 20.9. The number of para-hydroxylation sites is 3. The van der Waals surface area contributed by atoms with Gasteiger partial charge in [0.25, 0.3) is 0 Å². The number of aromatic nitrogens is 5. The Morgan fingerprint density at radius 2 is 0.629 bits per heavy atom. The Labute approximate surface area is 358 Å². The first kappa shape index (κ1) is 35.5. The van der Waals surface area contributed by atoms with Crippen molar-refractivity contribution in [1.29, 1.82) is 0 Å². The maximum atomic E-state index is 5.13. The molecule has 0 bridgehead atoms. The number of fused-ring (bicyclic) bond motifs is 7. The average Bonchev–Trinajstić information content (AvgIpc) is 3.88. The van der Waals surface area contributed by atoms with Crippen molar-refractivity contribution >= 4 is 43.6 Å². The molecule has 0 N–H and O–H groups in total. The molecule has 0 saturated heterocycles. The minimum absolute atomic E-state index is 0.617. The van der Waals surface area contributed by atoms with E-state index in [-0.39, 0.29) is 0 Å². The lowest BCUT2D eigenvalue weighted by Gasteiger charge is -2.12. The van der Waals surface area contributed by atoms with Crippen LogP contribution in [-0.4, -0.2) is 24.1 Å². The summed E-state index contributed by atoms with van der Waals surface area (Å²) < 4.78 is 4.81. The molecular formula is C57H37N5. The third-order valence-corrected chi connectivity index (χ3v) is 12.0. The van der Waals surface area contributed by atoms with Crippen molar-refractivity contribution in [3.63, 3.8) is 0 Å². The molecular weight excluding hydrogens is 755 g/mol. The van der Waals surface area contributed by atoms with Gasteiger partial charge in [0.15, 0.2) is 17.5 Å². The van der Waals surface area contributed by atoms with Crippen LogP contribution in [0.3, 0.4) is 0 Å². The highest BCUT2D eigenvalue weighted by molar-refractivity contribution is 6.26. The zero-order chi connectivity index (χ0) is 41.0. The number of benzene rings is 9. The van der Waals surface area contributed by atoms with Gasteiger partial charge in [-0.25, -0.2) is 15.0 Å². The molecule has 0 aliphatic carbocycles. The first-order valence-corrected chi connectivity index (χ1v) is 20.9. The van der Waals surface area contributed by atoms with Crippen LogP contribution in [0.4, 0.5) is 0 Å². The highest BCUT2D eigenvalue weighted by Crippen LogP contribution is 2.42. The lowest BCUT2D eigenvalue weighted by Crippen LogP contribution is -2.01. The monoisotopic (exact) mass is 791 g/mol.